The molecule has 3 rings (SSSR count). The van der Waals surface area contributed by atoms with Crippen LogP contribution in [0.1, 0.15) is 61.8 Å². The van der Waals surface area contributed by atoms with Crippen molar-refractivity contribution in [3.05, 3.63) is 47.2 Å². The third-order valence-corrected chi connectivity index (χ3v) is 6.20. The molecule has 5 heteroatoms. The Kier molecular flexibility index (Phi) is 7.13. The van der Waals surface area contributed by atoms with Crippen molar-refractivity contribution in [2.75, 3.05) is 18.2 Å². The molecule has 0 radical (unpaired) electrons. The number of anilines is 1. The Morgan fingerprint density at radius 3 is 2.56 bits per heavy atom. The minimum atomic E-state index is 0.290. The Morgan fingerprint density at radius 2 is 1.89 bits per heavy atom. The molecule has 0 saturated heterocycles. The smallest absolute Gasteiger partial charge is 0.189 e. The highest BCUT2D eigenvalue weighted by atomic mass is 32.2. The fourth-order valence-corrected chi connectivity index (χ4v) is 4.12. The zero-order valence-corrected chi connectivity index (χ0v) is 17.9. The summed E-state index contributed by atoms with van der Waals surface area (Å²) in [4.78, 5) is 11.8. The molecule has 2 aromatic rings. The number of nitrogens with one attached hydrogen (secondary N) is 1. The number of nitrogens with zero attached hydrogens (tertiary/aromatic N) is 3. The number of aryl methyl sites for hydroxylation is 1. The van der Waals surface area contributed by atoms with Gasteiger partial charge in [-0.2, -0.15) is 0 Å². The zero-order chi connectivity index (χ0) is 19.2. The summed E-state index contributed by atoms with van der Waals surface area (Å²) >= 11 is 1.61. The Hall–Kier alpha value is -1.59. The molecule has 1 saturated carbocycles. The van der Waals surface area contributed by atoms with E-state index in [0.29, 0.717) is 12.1 Å². The summed E-state index contributed by atoms with van der Waals surface area (Å²) in [6, 6.07) is 9.64. The van der Waals surface area contributed by atoms with Crippen LogP contribution >= 0.6 is 11.8 Å². The highest BCUT2D eigenvalue weighted by molar-refractivity contribution is 7.98. The van der Waals surface area contributed by atoms with Crippen LogP contribution in [0.2, 0.25) is 0 Å². The van der Waals surface area contributed by atoms with E-state index < -0.39 is 0 Å². The van der Waals surface area contributed by atoms with Gasteiger partial charge in [0, 0.05) is 37.4 Å². The first-order valence-corrected chi connectivity index (χ1v) is 11.2. The Bertz CT molecular complexity index is 726. The summed E-state index contributed by atoms with van der Waals surface area (Å²) in [6.07, 6.45) is 10.6. The molecule has 146 valence electrons. The maximum Gasteiger partial charge on any atom is 0.189 e. The molecule has 0 bridgehead atoms. The average Bonchev–Trinajstić information content (AvgIpc) is 2.72. The predicted octanol–water partition coefficient (Wildman–Crippen LogP) is 5.13. The number of hydrogen-bond acceptors (Lipinski definition) is 5. The van der Waals surface area contributed by atoms with E-state index in [1.54, 1.807) is 11.8 Å². The van der Waals surface area contributed by atoms with Crippen LogP contribution in [0.15, 0.2) is 35.6 Å². The molecule has 1 aliphatic rings. The molecule has 1 aromatic carbocycles. The SMILES string of the molecule is CSc1ncc(CN[C@H](C)c2ccc(C)cc2)c(N(C)C2CCCCC2)n1. The van der Waals surface area contributed by atoms with Crippen LogP contribution < -0.4 is 10.2 Å². The first kappa shape index (κ1) is 20.2. The quantitative estimate of drug-likeness (QED) is 0.529. The minimum Gasteiger partial charge on any atom is -0.356 e. The second-order valence-electron chi connectivity index (χ2n) is 7.62. The molecule has 1 aromatic heterocycles. The lowest BCUT2D eigenvalue weighted by molar-refractivity contribution is 0.424. The van der Waals surface area contributed by atoms with E-state index in [0.717, 1.165) is 17.5 Å². The standard InChI is InChI=1S/C22H32N4S/c1-16-10-12-18(13-11-16)17(2)23-14-19-15-24-22(27-4)25-21(19)26(3)20-8-6-5-7-9-20/h10-13,15,17,20,23H,5-9,14H2,1-4H3/t17-/m1/s1. The molecular weight excluding hydrogens is 352 g/mol. The third-order valence-electron chi connectivity index (χ3n) is 5.63. The number of rotatable bonds is 7. The molecule has 1 N–H and O–H groups in total. The monoisotopic (exact) mass is 384 g/mol. The van der Waals surface area contributed by atoms with Crippen molar-refractivity contribution < 1.29 is 0 Å². The van der Waals surface area contributed by atoms with E-state index in [1.807, 2.05) is 12.5 Å². The van der Waals surface area contributed by atoms with Gasteiger partial charge >= 0.3 is 0 Å². The van der Waals surface area contributed by atoms with Crippen LogP contribution in [0.5, 0.6) is 0 Å². The van der Waals surface area contributed by atoms with Gasteiger partial charge in [-0.05, 0) is 38.5 Å². The molecule has 1 heterocycles. The largest absolute Gasteiger partial charge is 0.356 e. The van der Waals surface area contributed by atoms with Gasteiger partial charge in [0.05, 0.1) is 0 Å². The van der Waals surface area contributed by atoms with E-state index in [-0.39, 0.29) is 0 Å². The average molecular weight is 385 g/mol. The summed E-state index contributed by atoms with van der Waals surface area (Å²) in [5.74, 6) is 1.09. The molecule has 1 aliphatic carbocycles. The van der Waals surface area contributed by atoms with E-state index in [9.17, 15) is 0 Å². The number of thioether (sulfide) groups is 1. The molecule has 0 spiro atoms. The van der Waals surface area contributed by atoms with Crippen LogP contribution in [0, 0.1) is 6.92 Å². The lowest BCUT2D eigenvalue weighted by Gasteiger charge is -2.33. The van der Waals surface area contributed by atoms with E-state index >= 15 is 0 Å². The van der Waals surface area contributed by atoms with E-state index in [4.69, 9.17) is 4.98 Å². The van der Waals surface area contributed by atoms with Crippen LogP contribution in [0.4, 0.5) is 5.82 Å². The van der Waals surface area contributed by atoms with Gasteiger partial charge in [-0.25, -0.2) is 9.97 Å². The molecular formula is C22H32N4S. The summed E-state index contributed by atoms with van der Waals surface area (Å²) in [5, 5.41) is 4.51. The van der Waals surface area contributed by atoms with Gasteiger partial charge in [0.25, 0.3) is 0 Å². The lowest BCUT2D eigenvalue weighted by Crippen LogP contribution is -2.35. The van der Waals surface area contributed by atoms with Crippen molar-refractivity contribution in [1.82, 2.24) is 15.3 Å². The molecule has 1 atom stereocenters. The van der Waals surface area contributed by atoms with Gasteiger partial charge in [-0.1, -0.05) is 60.9 Å². The van der Waals surface area contributed by atoms with Crippen molar-refractivity contribution in [2.45, 2.75) is 69.7 Å². The molecule has 0 aliphatic heterocycles. The second-order valence-corrected chi connectivity index (χ2v) is 8.39. The molecule has 0 amide bonds. The van der Waals surface area contributed by atoms with Gasteiger partial charge < -0.3 is 10.2 Å². The Balaban J connectivity index is 1.74. The van der Waals surface area contributed by atoms with Crippen molar-refractivity contribution in [2.24, 2.45) is 0 Å². The third kappa shape index (κ3) is 5.23. The Labute approximate surface area is 168 Å². The van der Waals surface area contributed by atoms with Gasteiger partial charge in [-0.15, -0.1) is 0 Å². The van der Waals surface area contributed by atoms with Crippen LogP contribution in [0.3, 0.4) is 0 Å². The van der Waals surface area contributed by atoms with E-state index in [1.165, 1.54) is 48.8 Å². The summed E-state index contributed by atoms with van der Waals surface area (Å²) in [6.45, 7) is 5.11. The van der Waals surface area contributed by atoms with Crippen molar-refractivity contribution in [3.63, 3.8) is 0 Å². The minimum absolute atomic E-state index is 0.290. The van der Waals surface area contributed by atoms with Crippen molar-refractivity contribution in [3.8, 4) is 0 Å². The predicted molar refractivity (Wildman–Crippen MR) is 116 cm³/mol. The molecule has 1 fully saturated rings. The van der Waals surface area contributed by atoms with Gasteiger partial charge in [0.15, 0.2) is 5.16 Å². The normalized spacial score (nSPS) is 16.3. The lowest BCUT2D eigenvalue weighted by atomic mass is 9.94. The van der Waals surface area contributed by atoms with Crippen LogP contribution in [0.25, 0.3) is 0 Å². The Morgan fingerprint density at radius 1 is 1.19 bits per heavy atom. The fourth-order valence-electron chi connectivity index (χ4n) is 3.79. The zero-order valence-electron chi connectivity index (χ0n) is 17.0. The number of benzene rings is 1. The van der Waals surface area contributed by atoms with Gasteiger partial charge in [0.2, 0.25) is 0 Å². The summed E-state index contributed by atoms with van der Waals surface area (Å²) < 4.78 is 0. The molecule has 0 unspecified atom stereocenters. The second kappa shape index (κ2) is 9.56. The summed E-state index contributed by atoms with van der Waals surface area (Å²) in [7, 11) is 2.20. The number of aromatic nitrogens is 2. The molecule has 4 nitrogen and oxygen atoms in total. The highest BCUT2D eigenvalue weighted by Gasteiger charge is 2.22. The van der Waals surface area contributed by atoms with Crippen LogP contribution in [-0.4, -0.2) is 29.3 Å². The fraction of sp³-hybridized carbons (Fsp3) is 0.545. The maximum absolute atomic E-state index is 4.87. The van der Waals surface area contributed by atoms with Crippen molar-refractivity contribution >= 4 is 17.6 Å². The topological polar surface area (TPSA) is 41.1 Å². The first-order valence-electron chi connectivity index (χ1n) is 10.0. The van der Waals surface area contributed by atoms with Crippen LogP contribution in [-0.2, 0) is 6.54 Å². The van der Waals surface area contributed by atoms with Crippen molar-refractivity contribution in [1.29, 1.82) is 0 Å². The summed E-state index contributed by atoms with van der Waals surface area (Å²) in [5.41, 5.74) is 3.78. The number of hydrogen-bond donors (Lipinski definition) is 1. The molecule has 27 heavy (non-hydrogen) atoms. The van der Waals surface area contributed by atoms with E-state index in [2.05, 4.69) is 60.4 Å². The first-order chi connectivity index (χ1) is 13.1. The highest BCUT2D eigenvalue weighted by Crippen LogP contribution is 2.28. The van der Waals surface area contributed by atoms with Gasteiger partial charge in [0.1, 0.15) is 5.82 Å². The maximum atomic E-state index is 4.87. The van der Waals surface area contributed by atoms with Gasteiger partial charge in [-0.3, -0.25) is 0 Å².